The van der Waals surface area contributed by atoms with Crippen LogP contribution in [0, 0.1) is 0 Å². The van der Waals surface area contributed by atoms with Crippen molar-refractivity contribution in [2.45, 2.75) is 6.42 Å². The first-order valence-corrected chi connectivity index (χ1v) is 12.2. The van der Waals surface area contributed by atoms with Crippen LogP contribution in [0.25, 0.3) is 21.5 Å². The Morgan fingerprint density at radius 1 is 0.552 bits per heavy atom. The molecule has 0 unspecified atom stereocenters. The molecule has 0 spiro atoms. The number of ether oxygens (including phenoxy) is 2. The second-order valence-electron chi connectivity index (χ2n) is 6.54. The van der Waals surface area contributed by atoms with Crippen molar-refractivity contribution in [1.82, 2.24) is 0 Å². The molecule has 29 heavy (non-hydrogen) atoms. The van der Waals surface area contributed by atoms with Crippen LogP contribution in [0.2, 0.25) is 0 Å². The first-order valence-electron chi connectivity index (χ1n) is 9.04. The van der Waals surface area contributed by atoms with Gasteiger partial charge in [0.2, 0.25) is 0 Å². The zero-order chi connectivity index (χ0) is 20.4. The smallest absolute Gasteiger partial charge is 0.134 e. The summed E-state index contributed by atoms with van der Waals surface area (Å²) in [6.45, 7) is 1.16. The van der Waals surface area contributed by atoms with E-state index in [2.05, 4.69) is 100 Å². The van der Waals surface area contributed by atoms with Crippen molar-refractivity contribution in [3.05, 3.63) is 78.6 Å². The molecule has 0 saturated heterocycles. The topological polar surface area (TPSA) is 18.5 Å². The molecular weight excluding hydrogens is 628 g/mol. The summed E-state index contributed by atoms with van der Waals surface area (Å²) in [5, 5.41) is 4.59. The zero-order valence-electron chi connectivity index (χ0n) is 15.2. The minimum absolute atomic E-state index is 0.582. The summed E-state index contributed by atoms with van der Waals surface area (Å²) in [5.41, 5.74) is 0. The molecule has 0 amide bonds. The first kappa shape index (κ1) is 21.2. The largest absolute Gasteiger partial charge is 0.492 e. The molecule has 0 aromatic heterocycles. The predicted octanol–water partition coefficient (Wildman–Crippen LogP) is 8.89. The van der Waals surface area contributed by atoms with E-state index in [4.69, 9.17) is 9.47 Å². The Kier molecular flexibility index (Phi) is 6.84. The Balaban J connectivity index is 1.36. The predicted molar refractivity (Wildman–Crippen MR) is 134 cm³/mol. The highest BCUT2D eigenvalue weighted by Crippen LogP contribution is 2.35. The molecule has 148 valence electrons. The van der Waals surface area contributed by atoms with E-state index in [9.17, 15) is 0 Å². The van der Waals surface area contributed by atoms with Crippen molar-refractivity contribution < 1.29 is 9.47 Å². The Labute approximate surface area is 203 Å². The number of fused-ring (bicyclic) bond motifs is 2. The first-order chi connectivity index (χ1) is 14.0. The summed E-state index contributed by atoms with van der Waals surface area (Å²) in [6, 6.07) is 20.5. The molecule has 0 aliphatic rings. The van der Waals surface area contributed by atoms with Crippen molar-refractivity contribution in [3.63, 3.8) is 0 Å². The van der Waals surface area contributed by atoms with Gasteiger partial charge in [0, 0.05) is 15.4 Å². The van der Waals surface area contributed by atoms with E-state index in [0.29, 0.717) is 13.2 Å². The van der Waals surface area contributed by atoms with Gasteiger partial charge >= 0.3 is 0 Å². The maximum absolute atomic E-state index is 5.97. The quantitative estimate of drug-likeness (QED) is 0.196. The monoisotopic (exact) mass is 640 g/mol. The molecule has 0 N–H and O–H groups in total. The second-order valence-corrected chi connectivity index (χ2v) is 9.95. The molecule has 4 aromatic rings. The normalized spacial score (nSPS) is 11.2. The van der Waals surface area contributed by atoms with Crippen LogP contribution in [-0.4, -0.2) is 13.2 Å². The summed E-state index contributed by atoms with van der Waals surface area (Å²) in [6.07, 6.45) is 0.787. The molecule has 2 nitrogen and oxygen atoms in total. The van der Waals surface area contributed by atoms with E-state index in [1.165, 1.54) is 0 Å². The van der Waals surface area contributed by atoms with Crippen molar-refractivity contribution in [3.8, 4) is 11.5 Å². The Bertz CT molecular complexity index is 1100. The Morgan fingerprint density at radius 2 is 1.00 bits per heavy atom. The van der Waals surface area contributed by atoms with Gasteiger partial charge in [-0.2, -0.15) is 0 Å². The summed E-state index contributed by atoms with van der Waals surface area (Å²) >= 11 is 14.4. The van der Waals surface area contributed by atoms with Gasteiger partial charge in [-0.15, -0.1) is 0 Å². The molecule has 0 heterocycles. The van der Waals surface area contributed by atoms with Gasteiger partial charge in [0.25, 0.3) is 0 Å². The van der Waals surface area contributed by atoms with E-state index in [1.54, 1.807) is 0 Å². The third-order valence-corrected chi connectivity index (χ3v) is 7.19. The molecular formula is C23H16Br4O2. The molecule has 4 aromatic carbocycles. The van der Waals surface area contributed by atoms with Gasteiger partial charge in [-0.3, -0.25) is 0 Å². The van der Waals surface area contributed by atoms with E-state index in [-0.39, 0.29) is 0 Å². The van der Waals surface area contributed by atoms with Crippen molar-refractivity contribution in [2.24, 2.45) is 0 Å². The van der Waals surface area contributed by atoms with Gasteiger partial charge in [0.1, 0.15) is 11.5 Å². The molecule has 0 bridgehead atoms. The third kappa shape index (κ3) is 4.82. The summed E-state index contributed by atoms with van der Waals surface area (Å²) in [5.74, 6) is 1.69. The lowest BCUT2D eigenvalue weighted by atomic mass is 10.1. The van der Waals surface area contributed by atoms with Crippen LogP contribution in [0.15, 0.2) is 78.6 Å². The van der Waals surface area contributed by atoms with Gasteiger partial charge in [-0.25, -0.2) is 0 Å². The van der Waals surface area contributed by atoms with Crippen LogP contribution in [0.1, 0.15) is 6.42 Å². The van der Waals surface area contributed by atoms with Crippen LogP contribution in [0.3, 0.4) is 0 Å². The van der Waals surface area contributed by atoms with Gasteiger partial charge < -0.3 is 9.47 Å². The highest BCUT2D eigenvalue weighted by atomic mass is 79.9. The van der Waals surface area contributed by atoms with Crippen molar-refractivity contribution >= 4 is 85.3 Å². The Morgan fingerprint density at radius 3 is 1.45 bits per heavy atom. The van der Waals surface area contributed by atoms with E-state index in [0.717, 1.165) is 57.4 Å². The standard InChI is InChI=1S/C23H16Br4O2/c24-16-4-6-18-14(12-16)2-8-20(22(18)26)28-10-1-11-29-21-9-3-15-13-17(25)5-7-19(15)23(21)27/h2-9,12-13H,1,10-11H2. The minimum Gasteiger partial charge on any atom is -0.492 e. The number of hydrogen-bond donors (Lipinski definition) is 0. The van der Waals surface area contributed by atoms with E-state index in [1.807, 2.05) is 24.3 Å². The SMILES string of the molecule is Brc1ccc2c(Br)c(OCCCOc3ccc4cc(Br)ccc4c3Br)ccc2c1. The lowest BCUT2D eigenvalue weighted by Crippen LogP contribution is -2.05. The maximum Gasteiger partial charge on any atom is 0.134 e. The van der Waals surface area contributed by atoms with Gasteiger partial charge in [0.05, 0.1) is 22.2 Å². The molecule has 0 radical (unpaired) electrons. The van der Waals surface area contributed by atoms with Crippen molar-refractivity contribution in [2.75, 3.05) is 13.2 Å². The van der Waals surface area contributed by atoms with Gasteiger partial charge in [-0.05, 0) is 89.8 Å². The molecule has 0 saturated carbocycles. The van der Waals surface area contributed by atoms with Crippen LogP contribution in [-0.2, 0) is 0 Å². The van der Waals surface area contributed by atoms with Crippen LogP contribution >= 0.6 is 63.7 Å². The Hall–Kier alpha value is -1.08. The maximum atomic E-state index is 5.97. The number of hydrogen-bond acceptors (Lipinski definition) is 2. The average Bonchev–Trinajstić information content (AvgIpc) is 2.70. The summed E-state index contributed by atoms with van der Waals surface area (Å²) < 4.78 is 16.0. The number of rotatable bonds is 6. The lowest BCUT2D eigenvalue weighted by molar-refractivity contribution is 0.246. The third-order valence-electron chi connectivity index (χ3n) is 4.57. The average molecular weight is 644 g/mol. The van der Waals surface area contributed by atoms with Crippen molar-refractivity contribution in [1.29, 1.82) is 0 Å². The molecule has 0 aliphatic heterocycles. The van der Waals surface area contributed by atoms with E-state index >= 15 is 0 Å². The minimum atomic E-state index is 0.582. The molecule has 0 aliphatic carbocycles. The zero-order valence-corrected chi connectivity index (χ0v) is 21.6. The van der Waals surface area contributed by atoms with Gasteiger partial charge in [0.15, 0.2) is 0 Å². The van der Waals surface area contributed by atoms with E-state index < -0.39 is 0 Å². The molecule has 4 rings (SSSR count). The molecule has 6 heteroatoms. The highest BCUT2D eigenvalue weighted by Gasteiger charge is 2.08. The number of benzene rings is 4. The highest BCUT2D eigenvalue weighted by molar-refractivity contribution is 9.11. The summed E-state index contributed by atoms with van der Waals surface area (Å²) in [4.78, 5) is 0. The fraction of sp³-hybridized carbons (Fsp3) is 0.130. The van der Waals surface area contributed by atoms with Crippen LogP contribution < -0.4 is 9.47 Å². The number of halogens is 4. The summed E-state index contributed by atoms with van der Waals surface area (Å²) in [7, 11) is 0. The molecule has 0 fully saturated rings. The fourth-order valence-electron chi connectivity index (χ4n) is 3.13. The molecule has 0 atom stereocenters. The van der Waals surface area contributed by atoms with Crippen LogP contribution in [0.4, 0.5) is 0 Å². The van der Waals surface area contributed by atoms with Crippen LogP contribution in [0.5, 0.6) is 11.5 Å². The fourth-order valence-corrected chi connectivity index (χ4v) is 5.10. The lowest BCUT2D eigenvalue weighted by Gasteiger charge is -2.13. The second kappa shape index (κ2) is 9.38. The van der Waals surface area contributed by atoms with Gasteiger partial charge in [-0.1, -0.05) is 56.1 Å².